The van der Waals surface area contributed by atoms with Crippen molar-refractivity contribution >= 4 is 10.8 Å². The van der Waals surface area contributed by atoms with Crippen molar-refractivity contribution in [3.63, 3.8) is 0 Å². The van der Waals surface area contributed by atoms with Gasteiger partial charge >= 0.3 is 0 Å². The summed E-state index contributed by atoms with van der Waals surface area (Å²) in [6, 6.07) is 14.7. The summed E-state index contributed by atoms with van der Waals surface area (Å²) in [7, 11) is 0. The standard InChI is InChI=1S/C17H14O3/c1-10-14(18)9-15(19)17(20)16(10)13-8-4-6-11-5-2-3-7-12(11)13/h2-9,18-20H,1H3. The fourth-order valence-electron chi connectivity index (χ4n) is 2.51. The van der Waals surface area contributed by atoms with Crippen LogP contribution in [0.2, 0.25) is 0 Å². The summed E-state index contributed by atoms with van der Waals surface area (Å²) in [5, 5.41) is 31.7. The van der Waals surface area contributed by atoms with Crippen LogP contribution in [0.4, 0.5) is 0 Å². The van der Waals surface area contributed by atoms with Crippen molar-refractivity contribution in [2.45, 2.75) is 6.92 Å². The average molecular weight is 266 g/mol. The fourth-order valence-corrected chi connectivity index (χ4v) is 2.51. The zero-order valence-corrected chi connectivity index (χ0v) is 11.0. The van der Waals surface area contributed by atoms with Gasteiger partial charge < -0.3 is 15.3 Å². The Labute approximate surface area is 116 Å². The number of phenolic OH excluding ortho intramolecular Hbond substituents is 3. The molecule has 0 unspecified atom stereocenters. The Morgan fingerprint density at radius 3 is 2.30 bits per heavy atom. The van der Waals surface area contributed by atoms with Gasteiger partial charge in [0.25, 0.3) is 0 Å². The minimum atomic E-state index is -0.323. The van der Waals surface area contributed by atoms with E-state index >= 15 is 0 Å². The molecule has 0 radical (unpaired) electrons. The fraction of sp³-hybridized carbons (Fsp3) is 0.0588. The number of phenols is 3. The van der Waals surface area contributed by atoms with Crippen molar-refractivity contribution in [3.8, 4) is 28.4 Å². The van der Waals surface area contributed by atoms with Crippen molar-refractivity contribution in [1.29, 1.82) is 0 Å². The Kier molecular flexibility index (Phi) is 2.75. The number of aromatic hydroxyl groups is 3. The third-order valence-corrected chi connectivity index (χ3v) is 3.57. The lowest BCUT2D eigenvalue weighted by Crippen LogP contribution is -1.88. The molecular formula is C17H14O3. The van der Waals surface area contributed by atoms with Crippen molar-refractivity contribution < 1.29 is 15.3 Å². The maximum atomic E-state index is 10.2. The third-order valence-electron chi connectivity index (χ3n) is 3.57. The van der Waals surface area contributed by atoms with Crippen LogP contribution in [-0.2, 0) is 0 Å². The third kappa shape index (κ3) is 1.75. The van der Waals surface area contributed by atoms with E-state index in [2.05, 4.69) is 0 Å². The quantitative estimate of drug-likeness (QED) is 0.462. The molecule has 3 N–H and O–H groups in total. The SMILES string of the molecule is Cc1c(O)cc(O)c(O)c1-c1cccc2ccccc12. The molecule has 0 aromatic heterocycles. The molecule has 20 heavy (non-hydrogen) atoms. The number of benzene rings is 3. The van der Waals surface area contributed by atoms with E-state index in [1.807, 2.05) is 42.5 Å². The highest BCUT2D eigenvalue weighted by molar-refractivity contribution is 5.99. The highest BCUT2D eigenvalue weighted by Crippen LogP contribution is 2.45. The minimum absolute atomic E-state index is 0.0387. The summed E-state index contributed by atoms with van der Waals surface area (Å²) in [5.41, 5.74) is 1.78. The highest BCUT2D eigenvalue weighted by Gasteiger charge is 2.17. The van der Waals surface area contributed by atoms with Gasteiger partial charge in [-0.2, -0.15) is 0 Å². The van der Waals surface area contributed by atoms with Crippen LogP contribution in [0.3, 0.4) is 0 Å². The molecule has 3 aromatic carbocycles. The molecule has 0 aliphatic rings. The van der Waals surface area contributed by atoms with Gasteiger partial charge in [0.1, 0.15) is 5.75 Å². The highest BCUT2D eigenvalue weighted by atomic mass is 16.3. The molecule has 0 bridgehead atoms. The van der Waals surface area contributed by atoms with Crippen molar-refractivity contribution in [1.82, 2.24) is 0 Å². The van der Waals surface area contributed by atoms with Gasteiger partial charge in [-0.15, -0.1) is 0 Å². The molecule has 100 valence electrons. The first-order chi connectivity index (χ1) is 9.59. The molecule has 0 spiro atoms. The zero-order chi connectivity index (χ0) is 14.3. The summed E-state index contributed by atoms with van der Waals surface area (Å²) in [5.74, 6) is -0.573. The van der Waals surface area contributed by atoms with Gasteiger partial charge in [-0.05, 0) is 23.3 Å². The van der Waals surface area contributed by atoms with Gasteiger partial charge in [-0.25, -0.2) is 0 Å². The molecule has 0 fully saturated rings. The second-order valence-electron chi connectivity index (χ2n) is 4.79. The Hall–Kier alpha value is -2.68. The Balaban J connectivity index is 2.43. The van der Waals surface area contributed by atoms with E-state index < -0.39 is 0 Å². The van der Waals surface area contributed by atoms with E-state index in [4.69, 9.17) is 0 Å². The number of fused-ring (bicyclic) bond motifs is 1. The van der Waals surface area contributed by atoms with Crippen LogP contribution in [0.1, 0.15) is 5.56 Å². The molecule has 0 atom stereocenters. The van der Waals surface area contributed by atoms with E-state index in [0.29, 0.717) is 11.1 Å². The molecule has 0 saturated carbocycles. The molecule has 3 aromatic rings. The molecule has 0 aliphatic carbocycles. The van der Waals surface area contributed by atoms with Crippen LogP contribution in [0.15, 0.2) is 48.5 Å². The van der Waals surface area contributed by atoms with Crippen molar-refractivity contribution in [3.05, 3.63) is 54.1 Å². The van der Waals surface area contributed by atoms with Crippen LogP contribution >= 0.6 is 0 Å². The van der Waals surface area contributed by atoms with Gasteiger partial charge in [-0.1, -0.05) is 42.5 Å². The monoisotopic (exact) mass is 266 g/mol. The van der Waals surface area contributed by atoms with Crippen molar-refractivity contribution in [2.75, 3.05) is 0 Å². The van der Waals surface area contributed by atoms with Crippen LogP contribution in [0.5, 0.6) is 17.2 Å². The molecule has 0 saturated heterocycles. The van der Waals surface area contributed by atoms with Crippen LogP contribution in [-0.4, -0.2) is 15.3 Å². The molecule has 0 aliphatic heterocycles. The Morgan fingerprint density at radius 1 is 0.800 bits per heavy atom. The van der Waals surface area contributed by atoms with Crippen LogP contribution < -0.4 is 0 Å². The van der Waals surface area contributed by atoms with Gasteiger partial charge in [0.2, 0.25) is 0 Å². The zero-order valence-electron chi connectivity index (χ0n) is 11.0. The van der Waals surface area contributed by atoms with Gasteiger partial charge in [0.15, 0.2) is 11.5 Å². The topological polar surface area (TPSA) is 60.7 Å². The summed E-state index contributed by atoms with van der Waals surface area (Å²) < 4.78 is 0. The average Bonchev–Trinajstić information content (AvgIpc) is 2.46. The molecule has 3 heteroatoms. The summed E-state index contributed by atoms with van der Waals surface area (Å²) in [6.45, 7) is 1.71. The number of hydrogen-bond acceptors (Lipinski definition) is 3. The summed E-state index contributed by atoms with van der Waals surface area (Å²) in [4.78, 5) is 0. The van der Waals surface area contributed by atoms with E-state index in [9.17, 15) is 15.3 Å². The Bertz CT molecular complexity index is 775. The van der Waals surface area contributed by atoms with Gasteiger partial charge in [0, 0.05) is 17.2 Å². The van der Waals surface area contributed by atoms with Gasteiger partial charge in [0.05, 0.1) is 0 Å². The van der Waals surface area contributed by atoms with E-state index in [0.717, 1.165) is 22.4 Å². The van der Waals surface area contributed by atoms with E-state index in [1.165, 1.54) is 0 Å². The maximum Gasteiger partial charge on any atom is 0.165 e. The molecule has 3 rings (SSSR count). The smallest absolute Gasteiger partial charge is 0.165 e. The lowest BCUT2D eigenvalue weighted by molar-refractivity contribution is 0.397. The largest absolute Gasteiger partial charge is 0.508 e. The van der Waals surface area contributed by atoms with Crippen LogP contribution in [0.25, 0.3) is 21.9 Å². The van der Waals surface area contributed by atoms with Crippen molar-refractivity contribution in [2.24, 2.45) is 0 Å². The normalized spacial score (nSPS) is 10.8. The predicted octanol–water partition coefficient (Wildman–Crippen LogP) is 3.93. The lowest BCUT2D eigenvalue weighted by atomic mass is 9.93. The minimum Gasteiger partial charge on any atom is -0.508 e. The molecule has 0 heterocycles. The maximum absolute atomic E-state index is 10.2. The molecule has 0 amide bonds. The van der Waals surface area contributed by atoms with E-state index in [-0.39, 0.29) is 17.2 Å². The second kappa shape index (κ2) is 4.46. The first-order valence-electron chi connectivity index (χ1n) is 6.32. The van der Waals surface area contributed by atoms with Gasteiger partial charge in [-0.3, -0.25) is 0 Å². The molecule has 3 nitrogen and oxygen atoms in total. The lowest BCUT2D eigenvalue weighted by Gasteiger charge is -2.14. The predicted molar refractivity (Wildman–Crippen MR) is 79.1 cm³/mol. The summed E-state index contributed by atoms with van der Waals surface area (Å²) in [6.07, 6.45) is 0. The first-order valence-corrected chi connectivity index (χ1v) is 6.32. The van der Waals surface area contributed by atoms with Crippen LogP contribution in [0, 0.1) is 6.92 Å². The molecular weight excluding hydrogens is 252 g/mol. The number of rotatable bonds is 1. The second-order valence-corrected chi connectivity index (χ2v) is 4.79. The first kappa shape index (κ1) is 12.4. The number of hydrogen-bond donors (Lipinski definition) is 3. The Morgan fingerprint density at radius 2 is 1.50 bits per heavy atom. The summed E-state index contributed by atoms with van der Waals surface area (Å²) >= 11 is 0. The van der Waals surface area contributed by atoms with E-state index in [1.54, 1.807) is 6.92 Å².